The van der Waals surface area contributed by atoms with E-state index in [0.717, 1.165) is 20.9 Å². The third kappa shape index (κ3) is 3.54. The zero-order valence-electron chi connectivity index (χ0n) is 13.2. The first-order valence-corrected chi connectivity index (χ1v) is 9.05. The molecular weight excluding hydrogens is 326 g/mol. The summed E-state index contributed by atoms with van der Waals surface area (Å²) >= 11 is 3.12. The van der Waals surface area contributed by atoms with Gasteiger partial charge in [0.2, 0.25) is 5.91 Å². The average molecular weight is 343 g/mol. The Morgan fingerprint density at radius 1 is 1.17 bits per heavy atom. The van der Waals surface area contributed by atoms with Crippen LogP contribution < -0.4 is 5.32 Å². The molecule has 0 saturated heterocycles. The molecule has 118 valence electrons. The van der Waals surface area contributed by atoms with Gasteiger partial charge < -0.3 is 5.32 Å². The van der Waals surface area contributed by atoms with Crippen molar-refractivity contribution in [3.63, 3.8) is 0 Å². The van der Waals surface area contributed by atoms with Gasteiger partial charge >= 0.3 is 0 Å². The second-order valence-corrected chi connectivity index (χ2v) is 7.51. The topological polar surface area (TPSA) is 54.9 Å². The predicted octanol–water partition coefficient (Wildman–Crippen LogP) is 4.35. The summed E-state index contributed by atoms with van der Waals surface area (Å²) in [6.45, 7) is 6.18. The molecule has 2 aromatic heterocycles. The Kier molecular flexibility index (Phi) is 4.63. The van der Waals surface area contributed by atoms with Crippen LogP contribution in [0, 0.1) is 20.8 Å². The van der Waals surface area contributed by atoms with E-state index >= 15 is 0 Å². The molecule has 0 aliphatic rings. The van der Waals surface area contributed by atoms with Crippen molar-refractivity contribution in [1.29, 1.82) is 0 Å². The SMILES string of the molecule is Cc1ccc(NC(=O)CSc2ncnc3sc(C)c(C)c23)cc1. The number of aryl methyl sites for hydroxylation is 3. The molecular formula is C17H17N3OS2. The van der Waals surface area contributed by atoms with Gasteiger partial charge in [-0.05, 0) is 38.5 Å². The van der Waals surface area contributed by atoms with Crippen LogP contribution >= 0.6 is 23.1 Å². The predicted molar refractivity (Wildman–Crippen MR) is 97.4 cm³/mol. The number of hydrogen-bond donors (Lipinski definition) is 1. The van der Waals surface area contributed by atoms with E-state index in [4.69, 9.17) is 0 Å². The summed E-state index contributed by atoms with van der Waals surface area (Å²) in [6.07, 6.45) is 1.57. The fourth-order valence-corrected chi connectivity index (χ4v) is 4.14. The minimum Gasteiger partial charge on any atom is -0.325 e. The summed E-state index contributed by atoms with van der Waals surface area (Å²) in [6, 6.07) is 7.78. The maximum atomic E-state index is 12.1. The summed E-state index contributed by atoms with van der Waals surface area (Å²) in [5.74, 6) is 0.295. The zero-order valence-corrected chi connectivity index (χ0v) is 14.8. The fourth-order valence-electron chi connectivity index (χ4n) is 2.23. The van der Waals surface area contributed by atoms with Crippen LogP contribution in [-0.2, 0) is 4.79 Å². The molecule has 4 nitrogen and oxygen atoms in total. The lowest BCUT2D eigenvalue weighted by Crippen LogP contribution is -2.14. The number of nitrogens with one attached hydrogen (secondary N) is 1. The molecule has 6 heteroatoms. The molecule has 1 amide bonds. The van der Waals surface area contributed by atoms with E-state index < -0.39 is 0 Å². The van der Waals surface area contributed by atoms with Crippen LogP contribution in [0.4, 0.5) is 5.69 Å². The first-order chi connectivity index (χ1) is 11.0. The molecule has 0 aliphatic carbocycles. The maximum Gasteiger partial charge on any atom is 0.234 e. The van der Waals surface area contributed by atoms with Crippen molar-refractivity contribution in [2.75, 3.05) is 11.1 Å². The summed E-state index contributed by atoms with van der Waals surface area (Å²) < 4.78 is 0. The average Bonchev–Trinajstić information content (AvgIpc) is 2.83. The van der Waals surface area contributed by atoms with E-state index in [-0.39, 0.29) is 5.91 Å². The zero-order chi connectivity index (χ0) is 16.4. The Labute approximate surface area is 143 Å². The van der Waals surface area contributed by atoms with Gasteiger partial charge in [0.15, 0.2) is 0 Å². The third-order valence-electron chi connectivity index (χ3n) is 3.61. The van der Waals surface area contributed by atoms with Crippen LogP contribution in [0.1, 0.15) is 16.0 Å². The lowest BCUT2D eigenvalue weighted by atomic mass is 10.2. The van der Waals surface area contributed by atoms with Crippen LogP contribution in [0.3, 0.4) is 0 Å². The Hall–Kier alpha value is -1.92. The third-order valence-corrected chi connectivity index (χ3v) is 5.71. The number of rotatable bonds is 4. The Morgan fingerprint density at radius 2 is 1.91 bits per heavy atom. The van der Waals surface area contributed by atoms with Gasteiger partial charge in [-0.2, -0.15) is 0 Å². The highest BCUT2D eigenvalue weighted by Crippen LogP contribution is 2.34. The largest absolute Gasteiger partial charge is 0.325 e. The summed E-state index contributed by atoms with van der Waals surface area (Å²) in [7, 11) is 0. The lowest BCUT2D eigenvalue weighted by molar-refractivity contribution is -0.113. The Morgan fingerprint density at radius 3 is 2.65 bits per heavy atom. The van der Waals surface area contributed by atoms with E-state index in [1.807, 2.05) is 31.2 Å². The number of benzene rings is 1. The van der Waals surface area contributed by atoms with Crippen molar-refractivity contribution >= 4 is 44.9 Å². The number of hydrogen-bond acceptors (Lipinski definition) is 5. The van der Waals surface area contributed by atoms with Gasteiger partial charge in [-0.25, -0.2) is 9.97 Å². The van der Waals surface area contributed by atoms with Crippen LogP contribution in [0.2, 0.25) is 0 Å². The van der Waals surface area contributed by atoms with Crippen molar-refractivity contribution in [1.82, 2.24) is 9.97 Å². The van der Waals surface area contributed by atoms with E-state index in [9.17, 15) is 4.79 Å². The molecule has 0 saturated carbocycles. The summed E-state index contributed by atoms with van der Waals surface area (Å²) in [5, 5.41) is 4.85. The fraction of sp³-hybridized carbons (Fsp3) is 0.235. The number of carbonyl (C=O) groups is 1. The quantitative estimate of drug-likeness (QED) is 0.565. The number of anilines is 1. The number of thioether (sulfide) groups is 1. The van der Waals surface area contributed by atoms with E-state index in [1.165, 1.54) is 27.8 Å². The molecule has 0 aliphatic heterocycles. The first-order valence-electron chi connectivity index (χ1n) is 7.24. The molecule has 0 radical (unpaired) electrons. The minimum atomic E-state index is -0.0322. The van der Waals surface area contributed by atoms with Gasteiger partial charge in [-0.1, -0.05) is 29.5 Å². The number of carbonyl (C=O) groups excluding carboxylic acids is 1. The maximum absolute atomic E-state index is 12.1. The highest BCUT2D eigenvalue weighted by atomic mass is 32.2. The second-order valence-electron chi connectivity index (χ2n) is 5.35. The molecule has 0 bridgehead atoms. The van der Waals surface area contributed by atoms with Gasteiger partial charge in [0.1, 0.15) is 16.2 Å². The van der Waals surface area contributed by atoms with Crippen molar-refractivity contribution in [2.24, 2.45) is 0 Å². The van der Waals surface area contributed by atoms with Gasteiger partial charge in [0.05, 0.1) is 5.75 Å². The highest BCUT2D eigenvalue weighted by Gasteiger charge is 2.13. The van der Waals surface area contributed by atoms with Crippen molar-refractivity contribution in [3.05, 3.63) is 46.6 Å². The highest BCUT2D eigenvalue weighted by molar-refractivity contribution is 8.00. The number of thiophene rings is 1. The summed E-state index contributed by atoms with van der Waals surface area (Å²) in [4.78, 5) is 23.0. The lowest BCUT2D eigenvalue weighted by Gasteiger charge is -2.06. The normalized spacial score (nSPS) is 10.9. The molecule has 0 unspecified atom stereocenters. The Balaban J connectivity index is 1.71. The van der Waals surface area contributed by atoms with E-state index in [0.29, 0.717) is 5.75 Å². The molecule has 3 rings (SSSR count). The van der Waals surface area contributed by atoms with E-state index in [2.05, 4.69) is 29.1 Å². The van der Waals surface area contributed by atoms with Gasteiger partial charge in [0.25, 0.3) is 0 Å². The van der Waals surface area contributed by atoms with Gasteiger partial charge in [0, 0.05) is 16.0 Å². The molecule has 1 N–H and O–H groups in total. The van der Waals surface area contributed by atoms with E-state index in [1.54, 1.807) is 17.7 Å². The molecule has 0 spiro atoms. The molecule has 23 heavy (non-hydrogen) atoms. The van der Waals surface area contributed by atoms with Crippen molar-refractivity contribution < 1.29 is 4.79 Å². The van der Waals surface area contributed by atoms with Crippen molar-refractivity contribution in [2.45, 2.75) is 25.8 Å². The van der Waals surface area contributed by atoms with Crippen LogP contribution in [-0.4, -0.2) is 21.6 Å². The smallest absolute Gasteiger partial charge is 0.234 e. The Bertz CT molecular complexity index is 856. The standard InChI is InChI=1S/C17H17N3OS2/c1-10-4-6-13(7-5-10)20-14(21)8-22-16-15-11(2)12(3)23-17(15)19-9-18-16/h4-7,9H,8H2,1-3H3,(H,20,21). The monoisotopic (exact) mass is 343 g/mol. The van der Waals surface area contributed by atoms with Crippen LogP contribution in [0.5, 0.6) is 0 Å². The summed E-state index contributed by atoms with van der Waals surface area (Å²) in [5.41, 5.74) is 3.19. The molecule has 3 aromatic rings. The van der Waals surface area contributed by atoms with Crippen LogP contribution in [0.25, 0.3) is 10.2 Å². The van der Waals surface area contributed by atoms with Crippen molar-refractivity contribution in [3.8, 4) is 0 Å². The number of nitrogens with zero attached hydrogens (tertiary/aromatic N) is 2. The molecule has 2 heterocycles. The first kappa shape index (κ1) is 16.0. The molecule has 1 aromatic carbocycles. The van der Waals surface area contributed by atoms with Gasteiger partial charge in [-0.15, -0.1) is 11.3 Å². The number of aromatic nitrogens is 2. The molecule has 0 fully saturated rings. The number of fused-ring (bicyclic) bond motifs is 1. The molecule has 0 atom stereocenters. The second kappa shape index (κ2) is 6.68. The number of amides is 1. The van der Waals surface area contributed by atoms with Crippen LogP contribution in [0.15, 0.2) is 35.6 Å². The minimum absolute atomic E-state index is 0.0322. The van der Waals surface area contributed by atoms with Gasteiger partial charge in [-0.3, -0.25) is 4.79 Å².